The minimum Gasteiger partial charge on any atom is -0.486 e. The van der Waals surface area contributed by atoms with E-state index in [-0.39, 0.29) is 18.3 Å². The highest BCUT2D eigenvalue weighted by molar-refractivity contribution is 7.99. The Labute approximate surface area is 198 Å². The molecule has 1 N–H and O–H groups in total. The van der Waals surface area contributed by atoms with Gasteiger partial charge in [-0.25, -0.2) is 0 Å². The Morgan fingerprint density at radius 3 is 2.45 bits per heavy atom. The van der Waals surface area contributed by atoms with Crippen molar-refractivity contribution >= 4 is 23.4 Å². The third-order valence-corrected chi connectivity index (χ3v) is 6.24. The maximum Gasteiger partial charge on any atom is 0.234 e. The van der Waals surface area contributed by atoms with Crippen molar-refractivity contribution < 1.29 is 9.53 Å². The van der Waals surface area contributed by atoms with Gasteiger partial charge in [0.1, 0.15) is 12.4 Å². The first-order valence-corrected chi connectivity index (χ1v) is 11.7. The molecule has 4 aromatic rings. The summed E-state index contributed by atoms with van der Waals surface area (Å²) in [7, 11) is 0. The smallest absolute Gasteiger partial charge is 0.234 e. The van der Waals surface area contributed by atoms with E-state index in [1.54, 1.807) is 0 Å². The van der Waals surface area contributed by atoms with Gasteiger partial charge in [0.25, 0.3) is 0 Å². The third-order valence-electron chi connectivity index (χ3n) is 5.31. The van der Waals surface area contributed by atoms with Gasteiger partial charge in [-0.15, -0.1) is 10.2 Å². The van der Waals surface area contributed by atoms with Crippen LogP contribution < -0.4 is 10.1 Å². The van der Waals surface area contributed by atoms with Crippen LogP contribution in [0.25, 0.3) is 5.69 Å². The summed E-state index contributed by atoms with van der Waals surface area (Å²) in [6.07, 6.45) is 0. The number of anilines is 1. The number of aryl methyl sites for hydroxylation is 2. The monoisotopic (exact) mass is 458 g/mol. The summed E-state index contributed by atoms with van der Waals surface area (Å²) >= 11 is 1.35. The second-order valence-corrected chi connectivity index (χ2v) is 8.70. The molecular weight excluding hydrogens is 432 g/mol. The minimum absolute atomic E-state index is 0.0887. The first kappa shape index (κ1) is 22.6. The van der Waals surface area contributed by atoms with Crippen LogP contribution in [0.1, 0.15) is 22.5 Å². The van der Waals surface area contributed by atoms with Gasteiger partial charge < -0.3 is 10.1 Å². The Balaban J connectivity index is 1.52. The average molecular weight is 459 g/mol. The van der Waals surface area contributed by atoms with Gasteiger partial charge >= 0.3 is 0 Å². The number of rotatable bonds is 8. The summed E-state index contributed by atoms with van der Waals surface area (Å²) in [5, 5.41) is 12.3. The topological polar surface area (TPSA) is 69.0 Å². The molecule has 1 heterocycles. The summed E-state index contributed by atoms with van der Waals surface area (Å²) in [6, 6.07) is 23.6. The van der Waals surface area contributed by atoms with E-state index in [9.17, 15) is 4.79 Å². The van der Waals surface area contributed by atoms with Crippen LogP contribution in [0.2, 0.25) is 0 Å². The fourth-order valence-corrected chi connectivity index (χ4v) is 4.08. The van der Waals surface area contributed by atoms with E-state index < -0.39 is 0 Å². The molecule has 0 saturated heterocycles. The molecule has 3 aromatic carbocycles. The molecule has 7 heteroatoms. The number of hydrogen-bond donors (Lipinski definition) is 1. The Kier molecular flexibility index (Phi) is 7.10. The first-order chi connectivity index (χ1) is 16.0. The molecule has 0 aliphatic rings. The molecule has 168 valence electrons. The second kappa shape index (κ2) is 10.4. The minimum atomic E-state index is -0.0887. The molecule has 1 amide bonds. The molecule has 0 fully saturated rings. The molecule has 4 rings (SSSR count). The van der Waals surface area contributed by atoms with Crippen molar-refractivity contribution in [3.05, 3.63) is 95.3 Å². The number of nitrogens with zero attached hydrogens (tertiary/aromatic N) is 3. The lowest BCUT2D eigenvalue weighted by molar-refractivity contribution is -0.113. The fourth-order valence-electron chi connectivity index (χ4n) is 3.31. The number of carbonyl (C=O) groups is 1. The Morgan fingerprint density at radius 1 is 0.939 bits per heavy atom. The summed E-state index contributed by atoms with van der Waals surface area (Å²) in [4.78, 5) is 12.6. The van der Waals surface area contributed by atoms with Gasteiger partial charge in [-0.3, -0.25) is 9.36 Å². The van der Waals surface area contributed by atoms with Crippen LogP contribution in [0.4, 0.5) is 5.69 Å². The molecule has 0 saturated carbocycles. The van der Waals surface area contributed by atoms with Crippen molar-refractivity contribution in [3.63, 3.8) is 0 Å². The number of thioether (sulfide) groups is 1. The predicted octanol–water partition coefficient (Wildman–Crippen LogP) is 5.50. The zero-order chi connectivity index (χ0) is 23.2. The van der Waals surface area contributed by atoms with Crippen LogP contribution >= 0.6 is 11.8 Å². The Morgan fingerprint density at radius 2 is 1.70 bits per heavy atom. The van der Waals surface area contributed by atoms with Gasteiger partial charge in [0, 0.05) is 11.4 Å². The second-order valence-electron chi connectivity index (χ2n) is 7.76. The molecule has 0 aliphatic heterocycles. The van der Waals surface area contributed by atoms with Crippen molar-refractivity contribution in [2.45, 2.75) is 32.5 Å². The maximum atomic E-state index is 12.6. The van der Waals surface area contributed by atoms with E-state index in [1.807, 2.05) is 98.1 Å². The third kappa shape index (κ3) is 5.62. The van der Waals surface area contributed by atoms with Gasteiger partial charge in [-0.05, 0) is 62.2 Å². The van der Waals surface area contributed by atoms with Crippen molar-refractivity contribution in [2.24, 2.45) is 0 Å². The van der Waals surface area contributed by atoms with Gasteiger partial charge in [0.05, 0.1) is 5.75 Å². The number of hydrogen-bond acceptors (Lipinski definition) is 5. The van der Waals surface area contributed by atoms with Crippen LogP contribution in [0.15, 0.2) is 78.0 Å². The number of nitrogens with one attached hydrogen (secondary N) is 1. The van der Waals surface area contributed by atoms with Crippen LogP contribution in [0.3, 0.4) is 0 Å². The van der Waals surface area contributed by atoms with Crippen LogP contribution in [-0.2, 0) is 11.4 Å². The predicted molar refractivity (Wildman–Crippen MR) is 132 cm³/mol. The Bertz CT molecular complexity index is 1240. The van der Waals surface area contributed by atoms with Crippen molar-refractivity contribution in [3.8, 4) is 11.4 Å². The number of amides is 1. The van der Waals surface area contributed by atoms with Crippen LogP contribution in [-0.4, -0.2) is 26.4 Å². The van der Waals surface area contributed by atoms with Gasteiger partial charge in [0.2, 0.25) is 5.91 Å². The summed E-state index contributed by atoms with van der Waals surface area (Å²) in [6.45, 7) is 6.34. The number of aromatic nitrogens is 3. The summed E-state index contributed by atoms with van der Waals surface area (Å²) in [5.74, 6) is 1.56. The first-order valence-electron chi connectivity index (χ1n) is 10.7. The standard InChI is InChI=1S/C26H26N4O2S/c1-18-12-14-21(15-13-18)30-24(16-32-22-9-5-4-6-10-22)28-29-26(30)33-17-25(31)27-23-11-7-8-19(2)20(23)3/h4-15H,16-17H2,1-3H3,(H,27,31). The molecular formula is C26H26N4O2S. The zero-order valence-electron chi connectivity index (χ0n) is 18.9. The van der Waals surface area contributed by atoms with E-state index in [1.165, 1.54) is 11.8 Å². The fraction of sp³-hybridized carbons (Fsp3) is 0.192. The maximum absolute atomic E-state index is 12.6. The summed E-state index contributed by atoms with van der Waals surface area (Å²) in [5.41, 5.74) is 5.13. The quantitative estimate of drug-likeness (QED) is 0.353. The summed E-state index contributed by atoms with van der Waals surface area (Å²) < 4.78 is 7.85. The van der Waals surface area contributed by atoms with E-state index >= 15 is 0 Å². The number of carbonyl (C=O) groups excluding carboxylic acids is 1. The molecule has 0 aliphatic carbocycles. The van der Waals surface area contributed by atoms with Crippen LogP contribution in [0, 0.1) is 20.8 Å². The molecule has 33 heavy (non-hydrogen) atoms. The largest absolute Gasteiger partial charge is 0.486 e. The lowest BCUT2D eigenvalue weighted by Crippen LogP contribution is -2.15. The lowest BCUT2D eigenvalue weighted by atomic mass is 10.1. The van der Waals surface area contributed by atoms with Crippen molar-refractivity contribution in [1.82, 2.24) is 14.8 Å². The highest BCUT2D eigenvalue weighted by Crippen LogP contribution is 2.24. The Hall–Kier alpha value is -3.58. The van der Waals surface area contributed by atoms with E-state index in [0.29, 0.717) is 11.0 Å². The van der Waals surface area contributed by atoms with E-state index in [2.05, 4.69) is 15.5 Å². The number of para-hydroxylation sites is 1. The van der Waals surface area contributed by atoms with E-state index in [0.717, 1.165) is 33.8 Å². The average Bonchev–Trinajstić information content (AvgIpc) is 3.23. The zero-order valence-corrected chi connectivity index (χ0v) is 19.7. The van der Waals surface area contributed by atoms with Gasteiger partial charge in [-0.2, -0.15) is 0 Å². The number of benzene rings is 3. The molecule has 0 radical (unpaired) electrons. The van der Waals surface area contributed by atoms with Crippen molar-refractivity contribution in [1.29, 1.82) is 0 Å². The molecule has 1 aromatic heterocycles. The van der Waals surface area contributed by atoms with Gasteiger partial charge in [0.15, 0.2) is 11.0 Å². The van der Waals surface area contributed by atoms with Crippen LogP contribution in [0.5, 0.6) is 5.75 Å². The lowest BCUT2D eigenvalue weighted by Gasteiger charge is -2.12. The highest BCUT2D eigenvalue weighted by Gasteiger charge is 2.17. The molecule has 0 bridgehead atoms. The SMILES string of the molecule is Cc1ccc(-n2c(COc3ccccc3)nnc2SCC(=O)Nc2cccc(C)c2C)cc1. The molecule has 0 unspecified atom stereocenters. The molecule has 0 spiro atoms. The highest BCUT2D eigenvalue weighted by atomic mass is 32.2. The number of ether oxygens (including phenoxy) is 1. The van der Waals surface area contributed by atoms with Gasteiger partial charge in [-0.1, -0.05) is 59.8 Å². The molecule has 6 nitrogen and oxygen atoms in total. The molecule has 0 atom stereocenters. The normalized spacial score (nSPS) is 10.8. The van der Waals surface area contributed by atoms with Crippen molar-refractivity contribution in [2.75, 3.05) is 11.1 Å². The van der Waals surface area contributed by atoms with E-state index in [4.69, 9.17) is 4.74 Å².